The van der Waals surface area contributed by atoms with E-state index in [2.05, 4.69) is 21.2 Å². The van der Waals surface area contributed by atoms with E-state index in [0.717, 1.165) is 11.8 Å². The Morgan fingerprint density at radius 1 is 1.24 bits per heavy atom. The Hall–Kier alpha value is -1.27. The van der Waals surface area contributed by atoms with E-state index in [-0.39, 0.29) is 4.47 Å². The Morgan fingerprint density at radius 3 is 2.48 bits per heavy atom. The van der Waals surface area contributed by atoms with Crippen molar-refractivity contribution in [3.05, 3.63) is 57.5 Å². The third-order valence-electron chi connectivity index (χ3n) is 3.08. The Balaban J connectivity index is 2.46. The molecular formula is C15H15BrF3NO. The standard InChI is InChI=1S/C15H15BrF3NO/c1-3-20-14(13-7-4-9(2)21-13)10-5-6-12(16)11(8-10)15(17,18)19/h4-8,14,20H,3H2,1-2H3. The lowest BCUT2D eigenvalue weighted by Gasteiger charge is -2.18. The summed E-state index contributed by atoms with van der Waals surface area (Å²) in [5, 5.41) is 3.15. The van der Waals surface area contributed by atoms with Gasteiger partial charge in [-0.1, -0.05) is 28.9 Å². The predicted molar refractivity (Wildman–Crippen MR) is 78.1 cm³/mol. The van der Waals surface area contributed by atoms with Crippen molar-refractivity contribution in [2.24, 2.45) is 0 Å². The molecule has 1 unspecified atom stereocenters. The van der Waals surface area contributed by atoms with E-state index >= 15 is 0 Å². The molecule has 0 saturated heterocycles. The number of halogens is 4. The van der Waals surface area contributed by atoms with Gasteiger partial charge in [0.1, 0.15) is 11.5 Å². The lowest BCUT2D eigenvalue weighted by molar-refractivity contribution is -0.138. The number of hydrogen-bond acceptors (Lipinski definition) is 2. The van der Waals surface area contributed by atoms with Gasteiger partial charge < -0.3 is 9.73 Å². The fourth-order valence-electron chi connectivity index (χ4n) is 2.14. The molecule has 0 spiro atoms. The molecule has 2 nitrogen and oxygen atoms in total. The molecule has 1 atom stereocenters. The average Bonchev–Trinajstić information content (AvgIpc) is 2.82. The molecule has 0 bridgehead atoms. The zero-order chi connectivity index (χ0) is 15.6. The minimum atomic E-state index is -4.40. The third-order valence-corrected chi connectivity index (χ3v) is 3.77. The first kappa shape index (κ1) is 16.1. The van der Waals surface area contributed by atoms with E-state index in [4.69, 9.17) is 4.42 Å². The molecule has 0 saturated carbocycles. The van der Waals surface area contributed by atoms with Crippen LogP contribution >= 0.6 is 15.9 Å². The molecule has 6 heteroatoms. The SMILES string of the molecule is CCNC(c1ccc(Br)c(C(F)(F)F)c1)c1ccc(C)o1. The first-order valence-electron chi connectivity index (χ1n) is 6.49. The molecule has 0 radical (unpaired) electrons. The minimum Gasteiger partial charge on any atom is -0.464 e. The fraction of sp³-hybridized carbons (Fsp3) is 0.333. The molecule has 0 aliphatic heterocycles. The second kappa shape index (κ2) is 6.23. The van der Waals surface area contributed by atoms with E-state index in [1.165, 1.54) is 6.07 Å². The Kier molecular flexibility index (Phi) is 4.78. The molecule has 1 N–H and O–H groups in total. The van der Waals surface area contributed by atoms with Crippen molar-refractivity contribution in [1.29, 1.82) is 0 Å². The summed E-state index contributed by atoms with van der Waals surface area (Å²) >= 11 is 2.95. The number of nitrogens with one attached hydrogen (secondary N) is 1. The van der Waals surface area contributed by atoms with Gasteiger partial charge in [-0.3, -0.25) is 0 Å². The molecule has 0 aliphatic carbocycles. The molecule has 2 aromatic rings. The second-order valence-corrected chi connectivity index (χ2v) is 5.53. The van der Waals surface area contributed by atoms with E-state index < -0.39 is 17.8 Å². The van der Waals surface area contributed by atoms with Crippen molar-refractivity contribution in [3.8, 4) is 0 Å². The minimum absolute atomic E-state index is 0.0321. The van der Waals surface area contributed by atoms with Gasteiger partial charge >= 0.3 is 6.18 Å². The summed E-state index contributed by atoms with van der Waals surface area (Å²) < 4.78 is 44.6. The fourth-order valence-corrected chi connectivity index (χ4v) is 2.61. The molecule has 0 amide bonds. The monoisotopic (exact) mass is 361 g/mol. The molecule has 114 valence electrons. The first-order chi connectivity index (χ1) is 9.82. The zero-order valence-electron chi connectivity index (χ0n) is 11.6. The highest BCUT2D eigenvalue weighted by molar-refractivity contribution is 9.10. The van der Waals surface area contributed by atoms with Gasteiger partial charge in [-0.2, -0.15) is 13.2 Å². The van der Waals surface area contributed by atoms with Crippen molar-refractivity contribution in [1.82, 2.24) is 5.32 Å². The summed E-state index contributed by atoms with van der Waals surface area (Å²) in [5.41, 5.74) is -0.173. The summed E-state index contributed by atoms with van der Waals surface area (Å²) in [6.45, 7) is 4.31. The lowest BCUT2D eigenvalue weighted by Crippen LogP contribution is -2.22. The van der Waals surface area contributed by atoms with Gasteiger partial charge in [0.05, 0.1) is 11.6 Å². The van der Waals surface area contributed by atoms with E-state index in [9.17, 15) is 13.2 Å². The van der Waals surface area contributed by atoms with Crippen LogP contribution in [0.25, 0.3) is 0 Å². The molecular weight excluding hydrogens is 347 g/mol. The van der Waals surface area contributed by atoms with Crippen LogP contribution in [0.3, 0.4) is 0 Å². The summed E-state index contributed by atoms with van der Waals surface area (Å²) in [7, 11) is 0. The van der Waals surface area contributed by atoms with Crippen LogP contribution in [0.5, 0.6) is 0 Å². The third kappa shape index (κ3) is 3.68. The average molecular weight is 362 g/mol. The molecule has 0 fully saturated rings. The van der Waals surface area contributed by atoms with Crippen LogP contribution in [-0.4, -0.2) is 6.54 Å². The Bertz CT molecular complexity index is 622. The predicted octanol–water partition coefficient (Wildman–Crippen LogP) is 5.07. The van der Waals surface area contributed by atoms with Gasteiger partial charge in [0.15, 0.2) is 0 Å². The van der Waals surface area contributed by atoms with Gasteiger partial charge in [-0.05, 0) is 43.3 Å². The topological polar surface area (TPSA) is 25.2 Å². The van der Waals surface area contributed by atoms with Gasteiger partial charge in [-0.15, -0.1) is 0 Å². The number of furan rings is 1. The largest absolute Gasteiger partial charge is 0.464 e. The second-order valence-electron chi connectivity index (χ2n) is 4.68. The number of alkyl halides is 3. The van der Waals surface area contributed by atoms with Gasteiger partial charge in [0.25, 0.3) is 0 Å². The number of benzene rings is 1. The number of rotatable bonds is 4. The van der Waals surface area contributed by atoms with Crippen LogP contribution < -0.4 is 5.32 Å². The Labute approximate surface area is 129 Å². The summed E-state index contributed by atoms with van der Waals surface area (Å²) in [4.78, 5) is 0. The highest BCUT2D eigenvalue weighted by Gasteiger charge is 2.34. The van der Waals surface area contributed by atoms with Crippen molar-refractivity contribution >= 4 is 15.9 Å². The highest BCUT2D eigenvalue weighted by atomic mass is 79.9. The lowest BCUT2D eigenvalue weighted by atomic mass is 10.0. The maximum Gasteiger partial charge on any atom is 0.417 e. The van der Waals surface area contributed by atoms with Crippen LogP contribution in [0.1, 0.15) is 35.6 Å². The van der Waals surface area contributed by atoms with Crippen LogP contribution in [0, 0.1) is 6.92 Å². The summed E-state index contributed by atoms with van der Waals surface area (Å²) in [6, 6.07) is 7.39. The van der Waals surface area contributed by atoms with Crippen LogP contribution in [0.4, 0.5) is 13.2 Å². The quantitative estimate of drug-likeness (QED) is 0.822. The van der Waals surface area contributed by atoms with Crippen LogP contribution in [0.15, 0.2) is 39.2 Å². The number of hydrogen-bond donors (Lipinski definition) is 1. The van der Waals surface area contributed by atoms with Crippen LogP contribution in [0.2, 0.25) is 0 Å². The van der Waals surface area contributed by atoms with Crippen molar-refractivity contribution in [2.45, 2.75) is 26.1 Å². The van der Waals surface area contributed by atoms with E-state index in [1.807, 2.05) is 6.92 Å². The van der Waals surface area contributed by atoms with Crippen molar-refractivity contribution in [3.63, 3.8) is 0 Å². The van der Waals surface area contributed by atoms with E-state index in [1.54, 1.807) is 25.1 Å². The maximum absolute atomic E-state index is 13.0. The van der Waals surface area contributed by atoms with Crippen molar-refractivity contribution < 1.29 is 17.6 Å². The Morgan fingerprint density at radius 2 is 1.95 bits per heavy atom. The highest BCUT2D eigenvalue weighted by Crippen LogP contribution is 2.37. The molecule has 1 aromatic carbocycles. The van der Waals surface area contributed by atoms with Crippen molar-refractivity contribution in [2.75, 3.05) is 6.54 Å². The van der Waals surface area contributed by atoms with Crippen LogP contribution in [-0.2, 0) is 6.18 Å². The molecule has 1 heterocycles. The maximum atomic E-state index is 13.0. The molecule has 2 rings (SSSR count). The molecule has 21 heavy (non-hydrogen) atoms. The molecule has 0 aliphatic rings. The van der Waals surface area contributed by atoms with Gasteiger partial charge in [0.2, 0.25) is 0 Å². The smallest absolute Gasteiger partial charge is 0.417 e. The normalized spacial score (nSPS) is 13.4. The van der Waals surface area contributed by atoms with E-state index in [0.29, 0.717) is 17.9 Å². The summed E-state index contributed by atoms with van der Waals surface area (Å²) in [5.74, 6) is 1.32. The number of aryl methyl sites for hydroxylation is 1. The molecule has 1 aromatic heterocycles. The summed E-state index contributed by atoms with van der Waals surface area (Å²) in [6.07, 6.45) is -4.40. The first-order valence-corrected chi connectivity index (χ1v) is 7.28. The van der Waals surface area contributed by atoms with Gasteiger partial charge in [0, 0.05) is 4.47 Å². The zero-order valence-corrected chi connectivity index (χ0v) is 13.2. The van der Waals surface area contributed by atoms with Gasteiger partial charge in [-0.25, -0.2) is 0 Å².